The van der Waals surface area contributed by atoms with Crippen LogP contribution in [0.3, 0.4) is 0 Å². The third kappa shape index (κ3) is 5.00. The van der Waals surface area contributed by atoms with Crippen molar-refractivity contribution in [2.45, 2.75) is 39.4 Å². The number of rotatable bonds is 8. The first-order chi connectivity index (χ1) is 9.06. The van der Waals surface area contributed by atoms with Gasteiger partial charge < -0.3 is 19.9 Å². The van der Waals surface area contributed by atoms with Crippen LogP contribution in [0.15, 0.2) is 12.5 Å². The Hall–Kier alpha value is -1.40. The molecule has 1 amide bonds. The van der Waals surface area contributed by atoms with E-state index in [9.17, 15) is 4.79 Å². The van der Waals surface area contributed by atoms with Gasteiger partial charge in [-0.05, 0) is 20.8 Å². The van der Waals surface area contributed by atoms with E-state index in [1.165, 1.54) is 0 Å². The summed E-state index contributed by atoms with van der Waals surface area (Å²) < 4.78 is 6.86. The number of amides is 1. The molecule has 2 N–H and O–H groups in total. The van der Waals surface area contributed by atoms with E-state index in [2.05, 4.69) is 15.6 Å². The van der Waals surface area contributed by atoms with Gasteiger partial charge in [-0.25, -0.2) is 4.98 Å². The van der Waals surface area contributed by atoms with Gasteiger partial charge in [0.05, 0.1) is 18.6 Å². The summed E-state index contributed by atoms with van der Waals surface area (Å²) >= 11 is 0. The second-order valence-corrected chi connectivity index (χ2v) is 4.80. The van der Waals surface area contributed by atoms with Gasteiger partial charge in [0, 0.05) is 32.4 Å². The highest BCUT2D eigenvalue weighted by atomic mass is 16.5. The first-order valence-electron chi connectivity index (χ1n) is 6.57. The highest BCUT2D eigenvalue weighted by molar-refractivity contribution is 5.80. The highest BCUT2D eigenvalue weighted by Crippen LogP contribution is 2.10. The second kappa shape index (κ2) is 7.91. The van der Waals surface area contributed by atoms with E-state index in [1.807, 2.05) is 25.3 Å². The molecule has 1 atom stereocenters. The second-order valence-electron chi connectivity index (χ2n) is 4.80. The minimum Gasteiger partial charge on any atom is -0.383 e. The van der Waals surface area contributed by atoms with Crippen LogP contribution in [0, 0.1) is 0 Å². The molecule has 1 rings (SSSR count). The van der Waals surface area contributed by atoms with Crippen molar-refractivity contribution in [2.75, 3.05) is 20.3 Å². The van der Waals surface area contributed by atoms with Gasteiger partial charge in [-0.3, -0.25) is 4.79 Å². The highest BCUT2D eigenvalue weighted by Gasteiger charge is 2.17. The lowest BCUT2D eigenvalue weighted by atomic mass is 10.2. The number of carbonyl (C=O) groups excluding carboxylic acids is 1. The predicted octanol–water partition coefficient (Wildman–Crippen LogP) is 0.705. The van der Waals surface area contributed by atoms with Gasteiger partial charge in [0.25, 0.3) is 0 Å². The maximum atomic E-state index is 12.0. The van der Waals surface area contributed by atoms with E-state index in [4.69, 9.17) is 4.74 Å². The standard InChI is InChI=1S/C13H24N4O2/c1-10(2)16-13(18)11(3)17-9-15-8-12(17)7-14-5-6-19-4/h8-11,14H,5-7H2,1-4H3,(H,16,18). The molecule has 0 aromatic carbocycles. The fourth-order valence-electron chi connectivity index (χ4n) is 1.74. The molecular formula is C13H24N4O2. The number of aromatic nitrogens is 2. The first kappa shape index (κ1) is 15.7. The molecular weight excluding hydrogens is 244 g/mol. The van der Waals surface area contributed by atoms with Gasteiger partial charge in [-0.15, -0.1) is 0 Å². The van der Waals surface area contributed by atoms with Crippen molar-refractivity contribution in [1.29, 1.82) is 0 Å². The minimum atomic E-state index is -0.260. The average molecular weight is 268 g/mol. The van der Waals surface area contributed by atoms with Crippen molar-refractivity contribution < 1.29 is 9.53 Å². The topological polar surface area (TPSA) is 68.2 Å². The van der Waals surface area contributed by atoms with Crippen LogP contribution >= 0.6 is 0 Å². The Labute approximate surface area is 114 Å². The summed E-state index contributed by atoms with van der Waals surface area (Å²) in [5.74, 6) is 0.00569. The molecule has 0 saturated carbocycles. The molecule has 1 aromatic heterocycles. The van der Waals surface area contributed by atoms with Crippen molar-refractivity contribution in [3.63, 3.8) is 0 Å². The molecule has 108 valence electrons. The van der Waals surface area contributed by atoms with Crippen LogP contribution < -0.4 is 10.6 Å². The van der Waals surface area contributed by atoms with Crippen LogP contribution in [0.25, 0.3) is 0 Å². The Morgan fingerprint density at radius 2 is 2.21 bits per heavy atom. The van der Waals surface area contributed by atoms with Crippen LogP contribution in [0.2, 0.25) is 0 Å². The summed E-state index contributed by atoms with van der Waals surface area (Å²) in [6.45, 7) is 7.88. The van der Waals surface area contributed by atoms with Gasteiger partial charge in [0.2, 0.25) is 5.91 Å². The predicted molar refractivity (Wildman–Crippen MR) is 73.8 cm³/mol. The fraction of sp³-hybridized carbons (Fsp3) is 0.692. The molecule has 1 unspecified atom stereocenters. The maximum absolute atomic E-state index is 12.0. The average Bonchev–Trinajstić information content (AvgIpc) is 2.81. The van der Waals surface area contributed by atoms with Gasteiger partial charge in [0.15, 0.2) is 0 Å². The summed E-state index contributed by atoms with van der Waals surface area (Å²) in [7, 11) is 1.67. The van der Waals surface area contributed by atoms with E-state index in [0.717, 1.165) is 12.2 Å². The number of imidazole rings is 1. The fourth-order valence-corrected chi connectivity index (χ4v) is 1.74. The number of methoxy groups -OCH3 is 1. The number of nitrogens with zero attached hydrogens (tertiary/aromatic N) is 2. The van der Waals surface area contributed by atoms with E-state index < -0.39 is 0 Å². The Bertz CT molecular complexity index is 390. The molecule has 19 heavy (non-hydrogen) atoms. The van der Waals surface area contributed by atoms with Crippen LogP contribution in [0.4, 0.5) is 0 Å². The third-order valence-electron chi connectivity index (χ3n) is 2.76. The molecule has 0 aliphatic carbocycles. The Morgan fingerprint density at radius 1 is 1.47 bits per heavy atom. The number of hydrogen-bond donors (Lipinski definition) is 2. The summed E-state index contributed by atoms with van der Waals surface area (Å²) in [6.07, 6.45) is 3.47. The summed E-state index contributed by atoms with van der Waals surface area (Å²) in [6, 6.07) is -0.120. The van der Waals surface area contributed by atoms with Crippen LogP contribution in [-0.2, 0) is 16.1 Å². The lowest BCUT2D eigenvalue weighted by Gasteiger charge is -2.18. The van der Waals surface area contributed by atoms with Crippen LogP contribution in [0.1, 0.15) is 32.5 Å². The zero-order valence-corrected chi connectivity index (χ0v) is 12.1. The maximum Gasteiger partial charge on any atom is 0.243 e. The van der Waals surface area contributed by atoms with E-state index >= 15 is 0 Å². The lowest BCUT2D eigenvalue weighted by molar-refractivity contribution is -0.124. The quantitative estimate of drug-likeness (QED) is 0.681. The summed E-state index contributed by atoms with van der Waals surface area (Å²) in [5, 5.41) is 6.15. The van der Waals surface area contributed by atoms with Crippen LogP contribution in [-0.4, -0.2) is 41.8 Å². The van der Waals surface area contributed by atoms with Crippen LogP contribution in [0.5, 0.6) is 0 Å². The third-order valence-corrected chi connectivity index (χ3v) is 2.76. The van der Waals surface area contributed by atoms with E-state index in [0.29, 0.717) is 13.2 Å². The SMILES string of the molecule is COCCNCc1cncn1C(C)C(=O)NC(C)C. The zero-order valence-electron chi connectivity index (χ0n) is 12.1. The van der Waals surface area contributed by atoms with E-state index in [-0.39, 0.29) is 18.0 Å². The smallest absolute Gasteiger partial charge is 0.243 e. The van der Waals surface area contributed by atoms with Crippen molar-refractivity contribution in [1.82, 2.24) is 20.2 Å². The molecule has 1 aromatic rings. The molecule has 0 radical (unpaired) electrons. The van der Waals surface area contributed by atoms with Crippen molar-refractivity contribution in [2.24, 2.45) is 0 Å². The molecule has 0 saturated heterocycles. The zero-order chi connectivity index (χ0) is 14.3. The van der Waals surface area contributed by atoms with Gasteiger partial charge >= 0.3 is 0 Å². The molecule has 1 heterocycles. The Morgan fingerprint density at radius 3 is 2.84 bits per heavy atom. The first-order valence-corrected chi connectivity index (χ1v) is 6.57. The monoisotopic (exact) mass is 268 g/mol. The van der Waals surface area contributed by atoms with E-state index in [1.54, 1.807) is 19.6 Å². The van der Waals surface area contributed by atoms with Gasteiger partial charge in [0.1, 0.15) is 6.04 Å². The number of ether oxygens (including phenoxy) is 1. The number of carbonyl (C=O) groups is 1. The lowest BCUT2D eigenvalue weighted by Crippen LogP contribution is -2.36. The summed E-state index contributed by atoms with van der Waals surface area (Å²) in [4.78, 5) is 16.1. The minimum absolute atomic E-state index is 0.00569. The number of hydrogen-bond acceptors (Lipinski definition) is 4. The molecule has 6 heteroatoms. The number of nitrogens with one attached hydrogen (secondary N) is 2. The van der Waals surface area contributed by atoms with Gasteiger partial charge in [-0.1, -0.05) is 0 Å². The molecule has 0 bridgehead atoms. The molecule has 0 fully saturated rings. The molecule has 0 aliphatic rings. The van der Waals surface area contributed by atoms with Crippen molar-refractivity contribution in [3.05, 3.63) is 18.2 Å². The molecule has 0 aliphatic heterocycles. The molecule has 0 spiro atoms. The Balaban J connectivity index is 2.57. The summed E-state index contributed by atoms with van der Waals surface area (Å²) in [5.41, 5.74) is 0.988. The van der Waals surface area contributed by atoms with Crippen molar-refractivity contribution in [3.8, 4) is 0 Å². The van der Waals surface area contributed by atoms with Crippen molar-refractivity contribution >= 4 is 5.91 Å². The normalized spacial score (nSPS) is 12.7. The Kier molecular flexibility index (Phi) is 6.52. The van der Waals surface area contributed by atoms with Gasteiger partial charge in [-0.2, -0.15) is 0 Å². The largest absolute Gasteiger partial charge is 0.383 e. The molecule has 6 nitrogen and oxygen atoms in total.